The molecule has 0 aliphatic rings. The Labute approximate surface area is 116 Å². The molecule has 0 amide bonds. The van der Waals surface area contributed by atoms with Crippen molar-refractivity contribution >= 4 is 0 Å². The molecular formula is C18H23N. The van der Waals surface area contributed by atoms with Gasteiger partial charge in [-0.15, -0.1) is 0 Å². The Morgan fingerprint density at radius 1 is 0.789 bits per heavy atom. The van der Waals surface area contributed by atoms with Crippen LogP contribution in [0.15, 0.2) is 42.6 Å². The highest BCUT2D eigenvalue weighted by molar-refractivity contribution is 5.59. The first-order valence-electron chi connectivity index (χ1n) is 7.37. The van der Waals surface area contributed by atoms with Crippen molar-refractivity contribution in [1.82, 2.24) is 4.98 Å². The number of hydrogen-bond donors (Lipinski definition) is 0. The minimum absolute atomic E-state index is 1.07. The molecule has 0 aliphatic carbocycles. The van der Waals surface area contributed by atoms with E-state index in [1.807, 2.05) is 6.20 Å². The summed E-state index contributed by atoms with van der Waals surface area (Å²) < 4.78 is 0. The van der Waals surface area contributed by atoms with Gasteiger partial charge in [0.05, 0.1) is 5.69 Å². The number of benzene rings is 1. The maximum Gasteiger partial charge on any atom is 0.0702 e. The largest absolute Gasteiger partial charge is 0.256 e. The van der Waals surface area contributed by atoms with Crippen LogP contribution in [-0.4, -0.2) is 4.98 Å². The predicted molar refractivity (Wildman–Crippen MR) is 82.3 cm³/mol. The van der Waals surface area contributed by atoms with Crippen molar-refractivity contribution in [2.75, 3.05) is 0 Å². The molecule has 0 N–H and O–H groups in total. The van der Waals surface area contributed by atoms with Crippen molar-refractivity contribution in [1.29, 1.82) is 0 Å². The highest BCUT2D eigenvalue weighted by Crippen LogP contribution is 2.19. The summed E-state index contributed by atoms with van der Waals surface area (Å²) in [5.74, 6) is 0. The summed E-state index contributed by atoms with van der Waals surface area (Å²) in [7, 11) is 0. The van der Waals surface area contributed by atoms with Crippen LogP contribution in [0.1, 0.15) is 44.2 Å². The molecule has 0 fully saturated rings. The lowest BCUT2D eigenvalue weighted by Crippen LogP contribution is -1.89. The number of aromatic nitrogens is 1. The zero-order valence-corrected chi connectivity index (χ0v) is 12.0. The Kier molecular flexibility index (Phi) is 5.14. The van der Waals surface area contributed by atoms with Crippen LogP contribution in [0.25, 0.3) is 11.3 Å². The second-order valence-electron chi connectivity index (χ2n) is 5.10. The zero-order chi connectivity index (χ0) is 13.5. The smallest absolute Gasteiger partial charge is 0.0702 e. The monoisotopic (exact) mass is 253 g/mol. The van der Waals surface area contributed by atoms with Crippen molar-refractivity contribution in [2.45, 2.75) is 46.0 Å². The fourth-order valence-electron chi connectivity index (χ4n) is 2.25. The van der Waals surface area contributed by atoms with E-state index in [1.165, 1.54) is 42.4 Å². The lowest BCUT2D eigenvalue weighted by atomic mass is 10.0. The molecule has 0 aliphatic heterocycles. The third kappa shape index (κ3) is 3.92. The van der Waals surface area contributed by atoms with Gasteiger partial charge in [-0.2, -0.15) is 0 Å². The summed E-state index contributed by atoms with van der Waals surface area (Å²) in [5, 5.41) is 0. The standard InChI is InChI=1S/C18H23N/c1-3-5-7-15-8-11-17(12-9-15)18-13-10-16(6-4-2)14-19-18/h8-14H,3-7H2,1-2H3. The topological polar surface area (TPSA) is 12.9 Å². The Hall–Kier alpha value is -1.63. The van der Waals surface area contributed by atoms with Crippen molar-refractivity contribution in [2.24, 2.45) is 0 Å². The van der Waals surface area contributed by atoms with Crippen LogP contribution >= 0.6 is 0 Å². The first-order valence-corrected chi connectivity index (χ1v) is 7.37. The molecule has 0 atom stereocenters. The third-order valence-electron chi connectivity index (χ3n) is 3.43. The second kappa shape index (κ2) is 7.08. The molecule has 0 unspecified atom stereocenters. The molecule has 100 valence electrons. The average molecular weight is 253 g/mol. The van der Waals surface area contributed by atoms with Crippen LogP contribution in [0.3, 0.4) is 0 Å². The van der Waals surface area contributed by atoms with Gasteiger partial charge in [-0.05, 0) is 36.5 Å². The summed E-state index contributed by atoms with van der Waals surface area (Å²) in [5.41, 5.74) is 5.03. The molecule has 0 saturated carbocycles. The first kappa shape index (κ1) is 13.8. The van der Waals surface area contributed by atoms with E-state index >= 15 is 0 Å². The van der Waals surface area contributed by atoms with E-state index in [9.17, 15) is 0 Å². The Balaban J connectivity index is 2.08. The van der Waals surface area contributed by atoms with E-state index in [2.05, 4.69) is 55.2 Å². The molecule has 1 heterocycles. The van der Waals surface area contributed by atoms with Gasteiger partial charge in [0.15, 0.2) is 0 Å². The van der Waals surface area contributed by atoms with Crippen molar-refractivity contribution < 1.29 is 0 Å². The van der Waals surface area contributed by atoms with Crippen LogP contribution in [0.5, 0.6) is 0 Å². The normalized spacial score (nSPS) is 10.6. The fraction of sp³-hybridized carbons (Fsp3) is 0.389. The van der Waals surface area contributed by atoms with Crippen LogP contribution in [-0.2, 0) is 12.8 Å². The molecule has 19 heavy (non-hydrogen) atoms. The third-order valence-corrected chi connectivity index (χ3v) is 3.43. The molecule has 1 aromatic carbocycles. The van der Waals surface area contributed by atoms with E-state index in [0.29, 0.717) is 0 Å². The van der Waals surface area contributed by atoms with Crippen LogP contribution in [0, 0.1) is 0 Å². The van der Waals surface area contributed by atoms with Gasteiger partial charge in [-0.25, -0.2) is 0 Å². The summed E-state index contributed by atoms with van der Waals surface area (Å²) in [6.07, 6.45) is 7.99. The Morgan fingerprint density at radius 2 is 1.53 bits per heavy atom. The van der Waals surface area contributed by atoms with Crippen molar-refractivity contribution in [3.63, 3.8) is 0 Å². The van der Waals surface area contributed by atoms with E-state index < -0.39 is 0 Å². The second-order valence-corrected chi connectivity index (χ2v) is 5.10. The van der Waals surface area contributed by atoms with Gasteiger partial charge in [0.2, 0.25) is 0 Å². The van der Waals surface area contributed by atoms with Gasteiger partial charge in [-0.3, -0.25) is 4.98 Å². The predicted octanol–water partition coefficient (Wildman–Crippen LogP) is 5.04. The zero-order valence-electron chi connectivity index (χ0n) is 12.0. The van der Waals surface area contributed by atoms with E-state index in [1.54, 1.807) is 0 Å². The lowest BCUT2D eigenvalue weighted by Gasteiger charge is -2.05. The molecule has 1 heteroatoms. The van der Waals surface area contributed by atoms with Gasteiger partial charge >= 0.3 is 0 Å². The molecule has 2 rings (SSSR count). The number of rotatable bonds is 6. The maximum absolute atomic E-state index is 4.56. The molecular weight excluding hydrogens is 230 g/mol. The summed E-state index contributed by atoms with van der Waals surface area (Å²) in [6, 6.07) is 13.2. The van der Waals surface area contributed by atoms with E-state index in [0.717, 1.165) is 12.1 Å². The fourth-order valence-corrected chi connectivity index (χ4v) is 2.25. The molecule has 2 aromatic rings. The quantitative estimate of drug-likeness (QED) is 0.702. The van der Waals surface area contributed by atoms with E-state index in [4.69, 9.17) is 0 Å². The van der Waals surface area contributed by atoms with Crippen LogP contribution in [0.4, 0.5) is 0 Å². The van der Waals surface area contributed by atoms with Crippen LogP contribution in [0.2, 0.25) is 0 Å². The van der Waals surface area contributed by atoms with Crippen molar-refractivity contribution in [3.8, 4) is 11.3 Å². The average Bonchev–Trinajstić information content (AvgIpc) is 2.47. The minimum Gasteiger partial charge on any atom is -0.256 e. The number of nitrogens with zero attached hydrogens (tertiary/aromatic N) is 1. The van der Waals surface area contributed by atoms with Crippen LogP contribution < -0.4 is 0 Å². The Morgan fingerprint density at radius 3 is 2.11 bits per heavy atom. The van der Waals surface area contributed by atoms with E-state index in [-0.39, 0.29) is 0 Å². The van der Waals surface area contributed by atoms with Gasteiger partial charge < -0.3 is 0 Å². The summed E-state index contributed by atoms with van der Waals surface area (Å²) in [6.45, 7) is 4.43. The SMILES string of the molecule is CCCCc1ccc(-c2ccc(CCC)cn2)cc1. The Bertz CT molecular complexity index is 482. The first-order chi connectivity index (χ1) is 9.33. The maximum atomic E-state index is 4.56. The summed E-state index contributed by atoms with van der Waals surface area (Å²) in [4.78, 5) is 4.56. The molecule has 0 radical (unpaired) electrons. The van der Waals surface area contributed by atoms with Gasteiger partial charge in [0, 0.05) is 11.8 Å². The number of aryl methyl sites for hydroxylation is 2. The number of unbranched alkanes of at least 4 members (excludes halogenated alkanes) is 1. The number of pyridine rings is 1. The van der Waals surface area contributed by atoms with Gasteiger partial charge in [0.1, 0.15) is 0 Å². The molecule has 1 aromatic heterocycles. The number of hydrogen-bond acceptors (Lipinski definition) is 1. The van der Waals surface area contributed by atoms with Gasteiger partial charge in [0.25, 0.3) is 0 Å². The molecule has 0 saturated heterocycles. The highest BCUT2D eigenvalue weighted by Gasteiger charge is 2.00. The molecule has 1 nitrogen and oxygen atoms in total. The molecule has 0 spiro atoms. The highest BCUT2D eigenvalue weighted by atomic mass is 14.7. The lowest BCUT2D eigenvalue weighted by molar-refractivity contribution is 0.795. The molecule has 0 bridgehead atoms. The van der Waals surface area contributed by atoms with Crippen molar-refractivity contribution in [3.05, 3.63) is 53.7 Å². The minimum atomic E-state index is 1.07. The summed E-state index contributed by atoms with van der Waals surface area (Å²) >= 11 is 0. The van der Waals surface area contributed by atoms with Gasteiger partial charge in [-0.1, -0.05) is 57.0 Å².